The Hall–Kier alpha value is -1.10. The summed E-state index contributed by atoms with van der Waals surface area (Å²) in [5.41, 5.74) is -0.199. The van der Waals surface area contributed by atoms with Gasteiger partial charge in [0.25, 0.3) is 0 Å². The smallest absolute Gasteiger partial charge is 0.310 e. The Morgan fingerprint density at radius 3 is 1.86 bits per heavy atom. The zero-order chi connectivity index (χ0) is 26.1. The third-order valence-corrected chi connectivity index (χ3v) is 11.0. The van der Waals surface area contributed by atoms with Crippen molar-refractivity contribution in [1.82, 2.24) is 4.90 Å². The average molecular weight is 504 g/mol. The van der Waals surface area contributed by atoms with Crippen LogP contribution in [-0.4, -0.2) is 47.7 Å². The summed E-state index contributed by atoms with van der Waals surface area (Å²) < 4.78 is 11.9. The molecule has 5 nitrogen and oxygen atoms in total. The maximum Gasteiger partial charge on any atom is 0.310 e. The van der Waals surface area contributed by atoms with Gasteiger partial charge in [-0.2, -0.15) is 0 Å². The second kappa shape index (κ2) is 11.3. The third-order valence-electron chi connectivity index (χ3n) is 11.0. The number of carbonyl (C=O) groups is 2. The molecule has 36 heavy (non-hydrogen) atoms. The second-order valence-corrected chi connectivity index (χ2v) is 14.1. The number of rotatable bonds is 6. The van der Waals surface area contributed by atoms with Crippen molar-refractivity contribution in [1.29, 1.82) is 0 Å². The first kappa shape index (κ1) is 27.9. The van der Waals surface area contributed by atoms with E-state index in [2.05, 4.69) is 46.6 Å². The number of nitrogens with zero attached hydrogens (tertiary/aromatic N) is 1. The van der Waals surface area contributed by atoms with Crippen molar-refractivity contribution in [2.75, 3.05) is 13.7 Å². The van der Waals surface area contributed by atoms with E-state index in [0.29, 0.717) is 12.5 Å². The molecule has 1 aliphatic heterocycles. The summed E-state index contributed by atoms with van der Waals surface area (Å²) in [6, 6.07) is 0. The first-order valence-corrected chi connectivity index (χ1v) is 15.1. The number of esters is 2. The molecule has 4 rings (SSSR count). The lowest BCUT2D eigenvalue weighted by Gasteiger charge is -2.38. The summed E-state index contributed by atoms with van der Waals surface area (Å²) in [6.45, 7) is 11.6. The van der Waals surface area contributed by atoms with Crippen LogP contribution in [0.1, 0.15) is 118 Å². The van der Waals surface area contributed by atoms with Crippen molar-refractivity contribution in [3.05, 3.63) is 0 Å². The van der Waals surface area contributed by atoms with E-state index in [-0.39, 0.29) is 41.0 Å². The number of hydrogen-bond donors (Lipinski definition) is 0. The van der Waals surface area contributed by atoms with E-state index in [9.17, 15) is 9.59 Å². The van der Waals surface area contributed by atoms with Gasteiger partial charge in [0.2, 0.25) is 0 Å². The van der Waals surface area contributed by atoms with E-state index in [1.807, 2.05) is 0 Å². The van der Waals surface area contributed by atoms with Gasteiger partial charge < -0.3 is 9.47 Å². The average Bonchev–Trinajstić information content (AvgIpc) is 3.03. The third kappa shape index (κ3) is 6.30. The summed E-state index contributed by atoms with van der Waals surface area (Å²) in [4.78, 5) is 28.1. The van der Waals surface area contributed by atoms with Gasteiger partial charge in [0.1, 0.15) is 6.10 Å². The topological polar surface area (TPSA) is 55.8 Å². The predicted octanol–water partition coefficient (Wildman–Crippen LogP) is 6.77. The molecule has 4 fully saturated rings. The van der Waals surface area contributed by atoms with Gasteiger partial charge in [-0.3, -0.25) is 14.5 Å². The van der Waals surface area contributed by atoms with Gasteiger partial charge in [-0.1, -0.05) is 19.8 Å². The molecule has 0 bridgehead atoms. The molecule has 0 radical (unpaired) electrons. The van der Waals surface area contributed by atoms with Crippen molar-refractivity contribution >= 4 is 11.9 Å². The van der Waals surface area contributed by atoms with Crippen LogP contribution in [-0.2, 0) is 19.1 Å². The van der Waals surface area contributed by atoms with Crippen LogP contribution in [0.25, 0.3) is 0 Å². The van der Waals surface area contributed by atoms with Crippen molar-refractivity contribution in [3.63, 3.8) is 0 Å². The molecule has 1 heterocycles. The Kier molecular flexibility index (Phi) is 8.79. The van der Waals surface area contributed by atoms with Crippen LogP contribution in [0.15, 0.2) is 0 Å². The fourth-order valence-electron chi connectivity index (χ4n) is 7.83. The highest BCUT2D eigenvalue weighted by Gasteiger charge is 2.53. The minimum absolute atomic E-state index is 0.000565. The van der Waals surface area contributed by atoms with Gasteiger partial charge in [-0.15, -0.1) is 0 Å². The van der Waals surface area contributed by atoms with E-state index in [4.69, 9.17) is 9.47 Å². The molecule has 0 aromatic carbocycles. The first-order valence-electron chi connectivity index (χ1n) is 15.1. The SMILES string of the molecule is CC1CCC(C2CCC(OC(=O)C3CCC(COC(=O)C4CC(C)(C)N(C)C4(C)C)CC3)CC2)CC1. The fraction of sp³-hybridized carbons (Fsp3) is 0.935. The summed E-state index contributed by atoms with van der Waals surface area (Å²) in [6.07, 6.45) is 14.8. The van der Waals surface area contributed by atoms with E-state index >= 15 is 0 Å². The van der Waals surface area contributed by atoms with Crippen LogP contribution in [0.5, 0.6) is 0 Å². The minimum Gasteiger partial charge on any atom is -0.465 e. The molecule has 206 valence electrons. The van der Waals surface area contributed by atoms with E-state index in [1.165, 1.54) is 38.5 Å². The molecule has 4 aliphatic rings. The number of carbonyl (C=O) groups excluding carboxylic acids is 2. The molecule has 1 atom stereocenters. The molecular weight excluding hydrogens is 450 g/mol. The van der Waals surface area contributed by atoms with Crippen LogP contribution < -0.4 is 0 Å². The van der Waals surface area contributed by atoms with Crippen LogP contribution >= 0.6 is 0 Å². The predicted molar refractivity (Wildman–Crippen MR) is 143 cm³/mol. The van der Waals surface area contributed by atoms with Crippen molar-refractivity contribution < 1.29 is 19.1 Å². The number of likely N-dealkylation sites (tertiary alicyclic amines) is 1. The molecule has 0 amide bonds. The van der Waals surface area contributed by atoms with E-state index in [0.717, 1.165) is 62.7 Å². The normalized spacial score (nSPS) is 38.9. The summed E-state index contributed by atoms with van der Waals surface area (Å²) in [5.74, 6) is 2.94. The molecular formula is C31H53NO4. The maximum atomic E-state index is 12.9. The molecule has 3 aliphatic carbocycles. The highest BCUT2D eigenvalue weighted by atomic mass is 16.5. The zero-order valence-electron chi connectivity index (χ0n) is 24.0. The minimum atomic E-state index is -0.198. The van der Waals surface area contributed by atoms with Gasteiger partial charge in [0, 0.05) is 11.1 Å². The molecule has 0 aromatic heterocycles. The quantitative estimate of drug-likeness (QED) is 0.374. The van der Waals surface area contributed by atoms with Crippen molar-refractivity contribution in [2.24, 2.45) is 35.5 Å². The zero-order valence-corrected chi connectivity index (χ0v) is 24.0. The largest absolute Gasteiger partial charge is 0.465 e. The van der Waals surface area contributed by atoms with Crippen LogP contribution in [0.4, 0.5) is 0 Å². The fourth-order valence-corrected chi connectivity index (χ4v) is 7.83. The van der Waals surface area contributed by atoms with Crippen LogP contribution in [0.3, 0.4) is 0 Å². The van der Waals surface area contributed by atoms with Gasteiger partial charge in [0.15, 0.2) is 0 Å². The maximum absolute atomic E-state index is 12.9. The lowest BCUT2D eigenvalue weighted by molar-refractivity contribution is -0.159. The Labute approximate surface area is 220 Å². The Bertz CT molecular complexity index is 753. The Morgan fingerprint density at radius 2 is 1.33 bits per heavy atom. The van der Waals surface area contributed by atoms with E-state index < -0.39 is 0 Å². The second-order valence-electron chi connectivity index (χ2n) is 14.1. The molecule has 3 saturated carbocycles. The van der Waals surface area contributed by atoms with Gasteiger partial charge in [0.05, 0.1) is 18.4 Å². The number of ether oxygens (including phenoxy) is 2. The highest BCUT2D eigenvalue weighted by Crippen LogP contribution is 2.44. The summed E-state index contributed by atoms with van der Waals surface area (Å²) >= 11 is 0. The van der Waals surface area contributed by atoms with Crippen LogP contribution in [0, 0.1) is 35.5 Å². The molecule has 1 saturated heterocycles. The lowest BCUT2D eigenvalue weighted by atomic mass is 9.71. The monoisotopic (exact) mass is 503 g/mol. The van der Waals surface area contributed by atoms with Crippen molar-refractivity contribution in [3.8, 4) is 0 Å². The van der Waals surface area contributed by atoms with E-state index in [1.54, 1.807) is 0 Å². The standard InChI is InChI=1S/C31H53NO4/c1-21-7-11-23(12-8-21)24-15-17-26(18-16-24)36-28(33)25-13-9-22(10-14-25)20-35-29(34)27-19-30(2,3)32(6)31(27,4)5/h21-27H,7-20H2,1-6H3. The summed E-state index contributed by atoms with van der Waals surface area (Å²) in [7, 11) is 2.11. The molecule has 0 aromatic rings. The molecule has 0 N–H and O–H groups in total. The van der Waals surface area contributed by atoms with Crippen LogP contribution in [0.2, 0.25) is 0 Å². The summed E-state index contributed by atoms with van der Waals surface area (Å²) in [5, 5.41) is 0. The van der Waals surface area contributed by atoms with Gasteiger partial charge >= 0.3 is 11.9 Å². The van der Waals surface area contributed by atoms with Crippen molar-refractivity contribution in [2.45, 2.75) is 135 Å². The molecule has 1 unspecified atom stereocenters. The Balaban J connectivity index is 1.14. The molecule has 0 spiro atoms. The van der Waals surface area contributed by atoms with Gasteiger partial charge in [-0.05, 0) is 129 Å². The molecule has 5 heteroatoms. The number of hydrogen-bond acceptors (Lipinski definition) is 5. The first-order chi connectivity index (χ1) is 17.0. The Morgan fingerprint density at radius 1 is 0.778 bits per heavy atom. The lowest BCUT2D eigenvalue weighted by Crippen LogP contribution is -2.48. The van der Waals surface area contributed by atoms with Gasteiger partial charge in [-0.25, -0.2) is 0 Å². The highest BCUT2D eigenvalue weighted by molar-refractivity contribution is 5.75.